The number of primary amides is 1. The van der Waals surface area contributed by atoms with Crippen molar-refractivity contribution in [1.29, 1.82) is 0 Å². The van der Waals surface area contributed by atoms with E-state index < -0.39 is 6.03 Å². The minimum absolute atomic E-state index is 0.269. The number of nitrogens with zero attached hydrogens (tertiary/aromatic N) is 2. The Labute approximate surface area is 114 Å². The van der Waals surface area contributed by atoms with E-state index in [1.165, 1.54) is 17.2 Å². The van der Waals surface area contributed by atoms with E-state index in [0.29, 0.717) is 16.4 Å². The number of amides is 2. The second kappa shape index (κ2) is 5.25. The number of anilines is 2. The van der Waals surface area contributed by atoms with Crippen molar-refractivity contribution >= 4 is 40.6 Å². The number of hydrogen-bond acceptors (Lipinski definition) is 2. The zero-order valence-corrected chi connectivity index (χ0v) is 10.7. The molecule has 0 aliphatic heterocycles. The number of urea groups is 1. The largest absolute Gasteiger partial charge is 0.351 e. The number of rotatable bonds is 2. The number of pyridine rings is 1. The van der Waals surface area contributed by atoms with Gasteiger partial charge in [-0.25, -0.2) is 9.78 Å². The van der Waals surface area contributed by atoms with Gasteiger partial charge in [0, 0.05) is 6.20 Å². The van der Waals surface area contributed by atoms with Gasteiger partial charge in [-0.1, -0.05) is 35.3 Å². The predicted molar refractivity (Wildman–Crippen MR) is 72.4 cm³/mol. The van der Waals surface area contributed by atoms with Crippen LogP contribution in [0.3, 0.4) is 0 Å². The number of para-hydroxylation sites is 1. The molecule has 0 bridgehead atoms. The van der Waals surface area contributed by atoms with Crippen molar-refractivity contribution in [3.63, 3.8) is 0 Å². The van der Waals surface area contributed by atoms with Crippen LogP contribution in [0, 0.1) is 0 Å². The molecule has 0 atom stereocenters. The molecule has 0 aliphatic carbocycles. The summed E-state index contributed by atoms with van der Waals surface area (Å²) in [5, 5.41) is 0.690. The van der Waals surface area contributed by atoms with E-state index in [2.05, 4.69) is 4.98 Å². The molecule has 1 heterocycles. The zero-order chi connectivity index (χ0) is 13.1. The second-order valence-corrected chi connectivity index (χ2v) is 4.26. The number of hydrogen-bond donors (Lipinski definition) is 1. The summed E-state index contributed by atoms with van der Waals surface area (Å²) in [7, 11) is 0. The highest BCUT2D eigenvalue weighted by Crippen LogP contribution is 2.31. The van der Waals surface area contributed by atoms with Crippen molar-refractivity contribution in [2.75, 3.05) is 4.90 Å². The lowest BCUT2D eigenvalue weighted by Crippen LogP contribution is -2.31. The summed E-state index contributed by atoms with van der Waals surface area (Å²) >= 11 is 11.9. The van der Waals surface area contributed by atoms with E-state index in [4.69, 9.17) is 28.9 Å². The first kappa shape index (κ1) is 12.7. The maximum atomic E-state index is 11.6. The van der Waals surface area contributed by atoms with Gasteiger partial charge in [0.05, 0.1) is 16.4 Å². The molecule has 0 aliphatic rings. The lowest BCUT2D eigenvalue weighted by Gasteiger charge is -2.21. The van der Waals surface area contributed by atoms with Crippen molar-refractivity contribution in [1.82, 2.24) is 4.98 Å². The summed E-state index contributed by atoms with van der Waals surface area (Å²) in [6, 6.07) is 9.42. The van der Waals surface area contributed by atoms with Gasteiger partial charge in [0.2, 0.25) is 0 Å². The van der Waals surface area contributed by atoms with Crippen molar-refractivity contribution in [3.05, 3.63) is 52.8 Å². The lowest BCUT2D eigenvalue weighted by atomic mass is 10.2. The van der Waals surface area contributed by atoms with Gasteiger partial charge >= 0.3 is 6.03 Å². The van der Waals surface area contributed by atoms with Crippen molar-refractivity contribution in [2.45, 2.75) is 0 Å². The fraction of sp³-hybridized carbons (Fsp3) is 0. The fourth-order valence-electron chi connectivity index (χ4n) is 1.55. The standard InChI is InChI=1S/C12H9Cl2N3O/c13-9-3-1-2-4-10(9)17(12(15)18)8-5-6-16-11(14)7-8/h1-7H,(H2,15,18). The topological polar surface area (TPSA) is 59.2 Å². The van der Waals surface area contributed by atoms with Gasteiger partial charge in [-0.3, -0.25) is 4.90 Å². The van der Waals surface area contributed by atoms with E-state index in [1.54, 1.807) is 30.3 Å². The number of aromatic nitrogens is 1. The number of halogens is 2. The molecular weight excluding hydrogens is 273 g/mol. The molecule has 18 heavy (non-hydrogen) atoms. The molecular formula is C12H9Cl2N3O. The summed E-state index contributed by atoms with van der Waals surface area (Å²) in [4.78, 5) is 16.7. The molecule has 2 rings (SSSR count). The van der Waals surface area contributed by atoms with Crippen LogP contribution >= 0.6 is 23.2 Å². The molecule has 2 amide bonds. The summed E-state index contributed by atoms with van der Waals surface area (Å²) in [6.07, 6.45) is 1.49. The summed E-state index contributed by atoms with van der Waals surface area (Å²) in [5.41, 5.74) is 6.39. The Morgan fingerprint density at radius 2 is 1.94 bits per heavy atom. The third-order valence-electron chi connectivity index (χ3n) is 2.28. The van der Waals surface area contributed by atoms with Crippen LogP contribution in [0.5, 0.6) is 0 Å². The van der Waals surface area contributed by atoms with Crippen molar-refractivity contribution in [2.24, 2.45) is 5.73 Å². The van der Waals surface area contributed by atoms with Crippen LogP contribution < -0.4 is 10.6 Å². The minimum Gasteiger partial charge on any atom is -0.351 e. The van der Waals surface area contributed by atoms with Crippen LogP contribution in [-0.2, 0) is 0 Å². The molecule has 2 N–H and O–H groups in total. The van der Waals surface area contributed by atoms with E-state index in [9.17, 15) is 4.79 Å². The quantitative estimate of drug-likeness (QED) is 0.855. The molecule has 0 unspecified atom stereocenters. The first-order valence-electron chi connectivity index (χ1n) is 5.05. The van der Waals surface area contributed by atoms with E-state index in [-0.39, 0.29) is 5.15 Å². The Morgan fingerprint density at radius 1 is 1.22 bits per heavy atom. The molecule has 1 aromatic carbocycles. The average Bonchev–Trinajstić information content (AvgIpc) is 2.32. The summed E-state index contributed by atoms with van der Waals surface area (Å²) in [6.45, 7) is 0. The molecule has 0 fully saturated rings. The van der Waals surface area contributed by atoms with Gasteiger partial charge in [-0.05, 0) is 24.3 Å². The smallest absolute Gasteiger partial charge is 0.323 e. The highest BCUT2D eigenvalue weighted by molar-refractivity contribution is 6.34. The number of carbonyl (C=O) groups excluding carboxylic acids is 1. The SMILES string of the molecule is NC(=O)N(c1ccnc(Cl)c1)c1ccccc1Cl. The maximum absolute atomic E-state index is 11.6. The Balaban J connectivity index is 2.54. The number of carbonyl (C=O) groups is 1. The molecule has 92 valence electrons. The molecule has 4 nitrogen and oxygen atoms in total. The fourth-order valence-corrected chi connectivity index (χ4v) is 1.94. The second-order valence-electron chi connectivity index (χ2n) is 3.46. The Hall–Kier alpha value is -1.78. The van der Waals surface area contributed by atoms with E-state index in [0.717, 1.165) is 0 Å². The van der Waals surface area contributed by atoms with Crippen LogP contribution in [0.1, 0.15) is 0 Å². The van der Waals surface area contributed by atoms with Crippen LogP contribution in [0.4, 0.5) is 16.2 Å². The third-order valence-corrected chi connectivity index (χ3v) is 2.81. The molecule has 1 aromatic heterocycles. The third kappa shape index (κ3) is 2.55. The van der Waals surface area contributed by atoms with Gasteiger partial charge in [-0.2, -0.15) is 0 Å². The molecule has 0 radical (unpaired) electrons. The Morgan fingerprint density at radius 3 is 2.56 bits per heavy atom. The zero-order valence-electron chi connectivity index (χ0n) is 9.18. The average molecular weight is 282 g/mol. The van der Waals surface area contributed by atoms with E-state index >= 15 is 0 Å². The first-order chi connectivity index (χ1) is 8.59. The van der Waals surface area contributed by atoms with Crippen molar-refractivity contribution in [3.8, 4) is 0 Å². The summed E-state index contributed by atoms with van der Waals surface area (Å²) in [5.74, 6) is 0. The minimum atomic E-state index is -0.648. The highest BCUT2D eigenvalue weighted by atomic mass is 35.5. The van der Waals surface area contributed by atoms with Crippen LogP contribution in [0.15, 0.2) is 42.6 Å². The highest BCUT2D eigenvalue weighted by Gasteiger charge is 2.17. The molecule has 2 aromatic rings. The van der Waals surface area contributed by atoms with Gasteiger partial charge in [0.1, 0.15) is 5.15 Å². The van der Waals surface area contributed by atoms with Crippen LogP contribution in [0.2, 0.25) is 10.2 Å². The molecule has 0 saturated heterocycles. The monoisotopic (exact) mass is 281 g/mol. The van der Waals surface area contributed by atoms with Gasteiger partial charge in [0.15, 0.2) is 0 Å². The molecule has 0 spiro atoms. The Bertz CT molecular complexity index is 589. The molecule has 0 saturated carbocycles. The number of nitrogens with two attached hydrogens (primary N) is 1. The van der Waals surface area contributed by atoms with Gasteiger partial charge in [-0.15, -0.1) is 0 Å². The van der Waals surface area contributed by atoms with Crippen molar-refractivity contribution < 1.29 is 4.79 Å². The molecule has 6 heteroatoms. The van der Waals surface area contributed by atoms with Crippen LogP contribution in [-0.4, -0.2) is 11.0 Å². The van der Waals surface area contributed by atoms with Crippen LogP contribution in [0.25, 0.3) is 0 Å². The number of benzene rings is 1. The first-order valence-corrected chi connectivity index (χ1v) is 5.81. The lowest BCUT2D eigenvalue weighted by molar-refractivity contribution is 0.256. The van der Waals surface area contributed by atoms with Gasteiger partial charge in [0.25, 0.3) is 0 Å². The summed E-state index contributed by atoms with van der Waals surface area (Å²) < 4.78 is 0. The predicted octanol–water partition coefficient (Wildman–Crippen LogP) is 3.61. The Kier molecular flexibility index (Phi) is 3.69. The van der Waals surface area contributed by atoms with E-state index in [1.807, 2.05) is 0 Å². The maximum Gasteiger partial charge on any atom is 0.323 e. The van der Waals surface area contributed by atoms with Gasteiger partial charge < -0.3 is 5.73 Å². The normalized spacial score (nSPS) is 10.1.